The van der Waals surface area contributed by atoms with Crippen LogP contribution in [0.2, 0.25) is 0 Å². The van der Waals surface area contributed by atoms with Gasteiger partial charge in [-0.05, 0) is 25.2 Å². The molecule has 1 saturated carbocycles. The quantitative estimate of drug-likeness (QED) is 0.724. The molecule has 1 rings (SSSR count). The summed E-state index contributed by atoms with van der Waals surface area (Å²) in [5.74, 6) is -0.222. The van der Waals surface area contributed by atoms with E-state index in [1.807, 2.05) is 0 Å². The highest BCUT2D eigenvalue weighted by atomic mass is 16.5. The van der Waals surface area contributed by atoms with E-state index in [1.165, 1.54) is 11.3 Å². The molecule has 0 aromatic heterocycles. The van der Waals surface area contributed by atoms with Crippen molar-refractivity contribution >= 4 is 11.9 Å². The smallest absolute Gasteiger partial charge is 0.325 e. The largest absolute Gasteiger partial charge is 0.465 e. The highest BCUT2D eigenvalue weighted by Crippen LogP contribution is 2.41. The molecule has 1 fully saturated rings. The van der Waals surface area contributed by atoms with E-state index in [9.17, 15) is 9.59 Å². The SMILES string of the molecule is CCOC(=O)CN(C)C(=O)C1CCCCC1(C)C. The number of ether oxygens (including phenoxy) is 1. The van der Waals surface area contributed by atoms with Crippen molar-refractivity contribution in [1.82, 2.24) is 4.90 Å². The lowest BCUT2D eigenvalue weighted by Gasteiger charge is -2.39. The van der Waals surface area contributed by atoms with Crippen molar-refractivity contribution < 1.29 is 14.3 Å². The van der Waals surface area contributed by atoms with Crippen molar-refractivity contribution in [3.63, 3.8) is 0 Å². The molecule has 104 valence electrons. The molecule has 0 saturated heterocycles. The van der Waals surface area contributed by atoms with Crippen LogP contribution in [0.4, 0.5) is 0 Å². The van der Waals surface area contributed by atoms with Crippen LogP contribution in [0, 0.1) is 11.3 Å². The average Bonchev–Trinajstić information content (AvgIpc) is 2.27. The molecule has 0 radical (unpaired) electrons. The molecule has 1 atom stereocenters. The van der Waals surface area contributed by atoms with Gasteiger partial charge in [0.2, 0.25) is 5.91 Å². The van der Waals surface area contributed by atoms with Crippen LogP contribution in [0.5, 0.6) is 0 Å². The van der Waals surface area contributed by atoms with Gasteiger partial charge >= 0.3 is 5.97 Å². The van der Waals surface area contributed by atoms with Crippen molar-refractivity contribution in [2.45, 2.75) is 46.5 Å². The van der Waals surface area contributed by atoms with Gasteiger partial charge in [0.25, 0.3) is 0 Å². The van der Waals surface area contributed by atoms with Crippen molar-refractivity contribution in [1.29, 1.82) is 0 Å². The number of carbonyl (C=O) groups excluding carboxylic acids is 2. The minimum absolute atomic E-state index is 0.0330. The van der Waals surface area contributed by atoms with E-state index in [2.05, 4.69) is 13.8 Å². The molecule has 0 spiro atoms. The molecular weight excluding hydrogens is 230 g/mol. The first-order valence-corrected chi connectivity index (χ1v) is 6.79. The Morgan fingerprint density at radius 2 is 2.00 bits per heavy atom. The molecule has 18 heavy (non-hydrogen) atoms. The highest BCUT2D eigenvalue weighted by Gasteiger charge is 2.38. The Balaban J connectivity index is 2.59. The lowest BCUT2D eigenvalue weighted by atomic mass is 9.68. The van der Waals surface area contributed by atoms with E-state index in [-0.39, 0.29) is 29.8 Å². The third kappa shape index (κ3) is 3.72. The Bertz CT molecular complexity index is 312. The Morgan fingerprint density at radius 3 is 2.56 bits per heavy atom. The lowest BCUT2D eigenvalue weighted by molar-refractivity contribution is -0.151. The van der Waals surface area contributed by atoms with Crippen molar-refractivity contribution in [3.8, 4) is 0 Å². The van der Waals surface area contributed by atoms with Crippen LogP contribution in [0.15, 0.2) is 0 Å². The fourth-order valence-electron chi connectivity index (χ4n) is 2.70. The fourth-order valence-corrected chi connectivity index (χ4v) is 2.70. The first-order valence-electron chi connectivity index (χ1n) is 6.79. The molecule has 1 aliphatic carbocycles. The maximum Gasteiger partial charge on any atom is 0.325 e. The third-order valence-corrected chi connectivity index (χ3v) is 3.85. The van der Waals surface area contributed by atoms with E-state index < -0.39 is 0 Å². The van der Waals surface area contributed by atoms with Crippen molar-refractivity contribution in [3.05, 3.63) is 0 Å². The lowest BCUT2D eigenvalue weighted by Crippen LogP contribution is -2.44. The summed E-state index contributed by atoms with van der Waals surface area (Å²) in [7, 11) is 1.68. The van der Waals surface area contributed by atoms with Gasteiger partial charge in [0.05, 0.1) is 6.61 Å². The molecule has 0 aromatic rings. The summed E-state index contributed by atoms with van der Waals surface area (Å²) < 4.78 is 4.87. The average molecular weight is 255 g/mol. The van der Waals surface area contributed by atoms with Gasteiger partial charge in [0, 0.05) is 13.0 Å². The van der Waals surface area contributed by atoms with Crippen molar-refractivity contribution in [2.24, 2.45) is 11.3 Å². The van der Waals surface area contributed by atoms with Gasteiger partial charge in [-0.25, -0.2) is 0 Å². The maximum absolute atomic E-state index is 12.4. The van der Waals surface area contributed by atoms with Crippen LogP contribution in [-0.4, -0.2) is 37.0 Å². The summed E-state index contributed by atoms with van der Waals surface area (Å²) >= 11 is 0. The molecule has 1 aliphatic rings. The zero-order valence-electron chi connectivity index (χ0n) is 12.0. The molecule has 0 heterocycles. The third-order valence-electron chi connectivity index (χ3n) is 3.85. The number of amides is 1. The molecule has 1 amide bonds. The zero-order valence-corrected chi connectivity index (χ0v) is 12.0. The van der Waals surface area contributed by atoms with Crippen LogP contribution in [0.3, 0.4) is 0 Å². The number of esters is 1. The van der Waals surface area contributed by atoms with Crippen LogP contribution in [0.1, 0.15) is 46.5 Å². The number of likely N-dealkylation sites (N-methyl/N-ethyl adjacent to an activating group) is 1. The second-order valence-corrected chi connectivity index (χ2v) is 5.79. The summed E-state index contributed by atoms with van der Waals surface area (Å²) in [6.07, 6.45) is 4.31. The Labute approximate surface area is 110 Å². The minimum atomic E-state index is -0.332. The van der Waals surface area contributed by atoms with E-state index in [0.29, 0.717) is 6.61 Å². The number of hydrogen-bond acceptors (Lipinski definition) is 3. The normalized spacial score (nSPS) is 22.3. The van der Waals surface area contributed by atoms with Gasteiger partial charge in [0.1, 0.15) is 6.54 Å². The van der Waals surface area contributed by atoms with E-state index >= 15 is 0 Å². The van der Waals surface area contributed by atoms with Crippen LogP contribution < -0.4 is 0 Å². The van der Waals surface area contributed by atoms with Crippen LogP contribution in [-0.2, 0) is 14.3 Å². The maximum atomic E-state index is 12.4. The van der Waals surface area contributed by atoms with Gasteiger partial charge < -0.3 is 9.64 Å². The molecule has 0 N–H and O–H groups in total. The van der Waals surface area contributed by atoms with Crippen molar-refractivity contribution in [2.75, 3.05) is 20.2 Å². The van der Waals surface area contributed by atoms with Crippen LogP contribution >= 0.6 is 0 Å². The molecular formula is C14H25NO3. The predicted octanol–water partition coefficient (Wildman–Crippen LogP) is 2.22. The Morgan fingerprint density at radius 1 is 1.33 bits per heavy atom. The topological polar surface area (TPSA) is 46.6 Å². The number of nitrogens with zero attached hydrogens (tertiary/aromatic N) is 1. The number of carbonyl (C=O) groups is 2. The summed E-state index contributed by atoms with van der Waals surface area (Å²) in [6.45, 7) is 6.47. The zero-order chi connectivity index (χ0) is 13.8. The first-order chi connectivity index (χ1) is 8.38. The van der Waals surface area contributed by atoms with Crippen LogP contribution in [0.25, 0.3) is 0 Å². The van der Waals surface area contributed by atoms with E-state index in [1.54, 1.807) is 14.0 Å². The molecule has 4 nitrogen and oxygen atoms in total. The van der Waals surface area contributed by atoms with Gasteiger partial charge in [0.15, 0.2) is 0 Å². The van der Waals surface area contributed by atoms with E-state index in [0.717, 1.165) is 19.3 Å². The minimum Gasteiger partial charge on any atom is -0.465 e. The summed E-state index contributed by atoms with van der Waals surface area (Å²) in [6, 6.07) is 0. The van der Waals surface area contributed by atoms with E-state index in [4.69, 9.17) is 4.74 Å². The van der Waals surface area contributed by atoms with Gasteiger partial charge in [-0.3, -0.25) is 9.59 Å². The number of hydrogen-bond donors (Lipinski definition) is 0. The number of rotatable bonds is 4. The monoisotopic (exact) mass is 255 g/mol. The summed E-state index contributed by atoms with van der Waals surface area (Å²) in [5.41, 5.74) is 0.0399. The highest BCUT2D eigenvalue weighted by molar-refractivity contribution is 5.84. The molecule has 0 aliphatic heterocycles. The Kier molecular flexibility index (Phi) is 5.17. The molecule has 0 aromatic carbocycles. The van der Waals surface area contributed by atoms with Gasteiger partial charge in [-0.15, -0.1) is 0 Å². The first kappa shape index (κ1) is 15.0. The Hall–Kier alpha value is -1.06. The standard InChI is InChI=1S/C14H25NO3/c1-5-18-12(16)10-15(4)13(17)11-8-6-7-9-14(11,2)3/h11H,5-10H2,1-4H3. The van der Waals surface area contributed by atoms with Gasteiger partial charge in [-0.1, -0.05) is 26.7 Å². The van der Waals surface area contributed by atoms with Gasteiger partial charge in [-0.2, -0.15) is 0 Å². The second kappa shape index (κ2) is 6.21. The summed E-state index contributed by atoms with van der Waals surface area (Å²) in [5, 5.41) is 0. The second-order valence-electron chi connectivity index (χ2n) is 5.79. The fraction of sp³-hybridized carbons (Fsp3) is 0.857. The summed E-state index contributed by atoms with van der Waals surface area (Å²) in [4.78, 5) is 25.3. The molecule has 4 heteroatoms. The predicted molar refractivity (Wildman–Crippen MR) is 70.0 cm³/mol. The molecule has 0 bridgehead atoms. The molecule has 1 unspecified atom stereocenters.